The Kier molecular flexibility index (Phi) is 10.9. The van der Waals surface area contributed by atoms with Gasteiger partial charge in [0.15, 0.2) is 0 Å². The van der Waals surface area contributed by atoms with Crippen molar-refractivity contribution in [1.29, 1.82) is 0 Å². The minimum absolute atomic E-state index is 0.652. The fourth-order valence-corrected chi connectivity index (χ4v) is 9.32. The van der Waals surface area contributed by atoms with Gasteiger partial charge in [-0.2, -0.15) is 0 Å². The van der Waals surface area contributed by atoms with Crippen molar-refractivity contribution in [3.63, 3.8) is 0 Å². The number of rotatable bonds is 3. The van der Waals surface area contributed by atoms with Crippen molar-refractivity contribution < 1.29 is 0 Å². The van der Waals surface area contributed by atoms with Crippen LogP contribution in [0.5, 0.6) is 0 Å². The lowest BCUT2D eigenvalue weighted by molar-refractivity contribution is 0.838. The Labute approximate surface area is 144 Å². The normalized spacial score (nSPS) is 10.1. The maximum absolute atomic E-state index is 5.07. The lowest BCUT2D eigenvalue weighted by Crippen LogP contribution is -2.43. The SMILES string of the molecule is C#CSC#CSC#CSC#C[Si](C(C)C)(C(C)C)C(C)C. The number of hydrogen-bond acceptors (Lipinski definition) is 3. The molecule has 0 aromatic rings. The van der Waals surface area contributed by atoms with Crippen LogP contribution >= 0.6 is 35.3 Å². The van der Waals surface area contributed by atoms with Crippen LogP contribution in [0.4, 0.5) is 0 Å². The molecule has 21 heavy (non-hydrogen) atoms. The third-order valence-corrected chi connectivity index (χ3v) is 11.4. The maximum Gasteiger partial charge on any atom is 0.147 e. The van der Waals surface area contributed by atoms with E-state index in [4.69, 9.17) is 6.42 Å². The second kappa shape index (κ2) is 11.1. The van der Waals surface area contributed by atoms with Gasteiger partial charge in [-0.05, 0) is 48.1 Å². The second-order valence-corrected chi connectivity index (χ2v) is 12.9. The van der Waals surface area contributed by atoms with E-state index < -0.39 is 8.07 Å². The maximum atomic E-state index is 5.07. The molecule has 0 amide bonds. The first kappa shape index (κ1) is 20.5. The highest BCUT2D eigenvalue weighted by molar-refractivity contribution is 8.12. The summed E-state index contributed by atoms with van der Waals surface area (Å²) in [4.78, 5) is 0. The van der Waals surface area contributed by atoms with Gasteiger partial charge in [-0.15, -0.1) is 12.0 Å². The topological polar surface area (TPSA) is 0 Å². The molecule has 0 bridgehead atoms. The zero-order valence-corrected chi connectivity index (χ0v) is 17.0. The first-order valence-electron chi connectivity index (χ1n) is 6.84. The molecule has 0 saturated carbocycles. The molecule has 0 radical (unpaired) electrons. The molecule has 0 rings (SSSR count). The van der Waals surface area contributed by atoms with Crippen molar-refractivity contribution in [3.8, 4) is 43.5 Å². The fourth-order valence-electron chi connectivity index (χ4n) is 2.71. The van der Waals surface area contributed by atoms with Crippen LogP contribution in [0.2, 0.25) is 16.6 Å². The molecule has 0 atom stereocenters. The molecule has 0 nitrogen and oxygen atoms in total. The van der Waals surface area contributed by atoms with Gasteiger partial charge in [-0.3, -0.25) is 0 Å². The molecule has 4 heteroatoms. The van der Waals surface area contributed by atoms with Gasteiger partial charge in [0.1, 0.15) is 8.07 Å². The molecule has 0 saturated heterocycles. The lowest BCUT2D eigenvalue weighted by Gasteiger charge is -2.37. The van der Waals surface area contributed by atoms with Gasteiger partial charge in [0.2, 0.25) is 0 Å². The van der Waals surface area contributed by atoms with E-state index >= 15 is 0 Å². The smallest absolute Gasteiger partial charge is 0.118 e. The second-order valence-electron chi connectivity index (χ2n) is 5.46. The molecule has 0 aliphatic rings. The van der Waals surface area contributed by atoms with Gasteiger partial charge in [0.05, 0.1) is 0 Å². The standard InChI is InChI=1S/C17H22S3Si/c1-8-18-9-10-19-11-12-20-13-14-21(15(2)3,16(4)5)17(6)7/h1,15-17H,2-7H3. The zero-order chi connectivity index (χ0) is 16.3. The van der Waals surface area contributed by atoms with Crippen LogP contribution in [0.15, 0.2) is 0 Å². The molecule has 0 heterocycles. The summed E-state index contributed by atoms with van der Waals surface area (Å²) in [5.41, 5.74) is 5.57. The summed E-state index contributed by atoms with van der Waals surface area (Å²) >= 11 is 3.77. The summed E-state index contributed by atoms with van der Waals surface area (Å²) in [7, 11) is -1.62. The van der Waals surface area contributed by atoms with Gasteiger partial charge in [0, 0.05) is 35.3 Å². The van der Waals surface area contributed by atoms with E-state index in [9.17, 15) is 0 Å². The predicted molar refractivity (Wildman–Crippen MR) is 106 cm³/mol. The monoisotopic (exact) mass is 350 g/mol. The van der Waals surface area contributed by atoms with Crippen LogP contribution in [0.25, 0.3) is 0 Å². The highest BCUT2D eigenvalue weighted by atomic mass is 32.2. The van der Waals surface area contributed by atoms with E-state index in [2.05, 4.69) is 78.6 Å². The van der Waals surface area contributed by atoms with E-state index in [1.165, 1.54) is 23.5 Å². The Balaban J connectivity index is 4.77. The summed E-state index contributed by atoms with van der Waals surface area (Å²) in [5, 5.41) is 17.0. The van der Waals surface area contributed by atoms with Gasteiger partial charge in [-0.1, -0.05) is 41.5 Å². The van der Waals surface area contributed by atoms with Crippen LogP contribution < -0.4 is 0 Å². The Hall–Kier alpha value is -0.493. The van der Waals surface area contributed by atoms with E-state index in [0.717, 1.165) is 11.8 Å². The first-order chi connectivity index (χ1) is 9.89. The molecule has 0 unspecified atom stereocenters. The molecule has 0 aliphatic heterocycles. The van der Waals surface area contributed by atoms with Crippen LogP contribution in [0.3, 0.4) is 0 Å². The van der Waals surface area contributed by atoms with Crippen LogP contribution in [-0.4, -0.2) is 8.07 Å². The molecule has 112 valence electrons. The molecule has 0 spiro atoms. The molecule has 0 aliphatic carbocycles. The minimum Gasteiger partial charge on any atom is -0.118 e. The van der Waals surface area contributed by atoms with Crippen molar-refractivity contribution in [2.24, 2.45) is 0 Å². The predicted octanol–water partition coefficient (Wildman–Crippen LogP) is 5.79. The van der Waals surface area contributed by atoms with Gasteiger partial charge >= 0.3 is 0 Å². The molecular formula is C17H22S3Si. The first-order valence-corrected chi connectivity index (χ1v) is 11.5. The number of thioether (sulfide) groups is 3. The third-order valence-electron chi connectivity index (χ3n) is 3.53. The molecule has 0 fully saturated rings. The Morgan fingerprint density at radius 2 is 1.05 bits per heavy atom. The van der Waals surface area contributed by atoms with Gasteiger partial charge in [0.25, 0.3) is 0 Å². The average molecular weight is 351 g/mol. The van der Waals surface area contributed by atoms with E-state index in [1.54, 1.807) is 0 Å². The highest BCUT2D eigenvalue weighted by Gasteiger charge is 2.41. The van der Waals surface area contributed by atoms with Crippen molar-refractivity contribution in [2.45, 2.75) is 58.2 Å². The van der Waals surface area contributed by atoms with Crippen molar-refractivity contribution >= 4 is 43.4 Å². The summed E-state index contributed by atoms with van der Waals surface area (Å²) in [6.45, 7) is 13.9. The van der Waals surface area contributed by atoms with Crippen molar-refractivity contribution in [2.75, 3.05) is 0 Å². The van der Waals surface area contributed by atoms with E-state index in [-0.39, 0.29) is 0 Å². The molecular weight excluding hydrogens is 328 g/mol. The highest BCUT2D eigenvalue weighted by Crippen LogP contribution is 2.40. The molecule has 0 N–H and O–H groups in total. The Morgan fingerprint density at radius 1 is 0.667 bits per heavy atom. The zero-order valence-electron chi connectivity index (χ0n) is 13.5. The van der Waals surface area contributed by atoms with Gasteiger partial charge < -0.3 is 0 Å². The summed E-state index contributed by atoms with van der Waals surface area (Å²) in [5.74, 6) is 0. The van der Waals surface area contributed by atoms with Gasteiger partial charge in [-0.25, -0.2) is 0 Å². The van der Waals surface area contributed by atoms with E-state index in [1.807, 2.05) is 0 Å². The quantitative estimate of drug-likeness (QED) is 0.467. The third kappa shape index (κ3) is 6.87. The largest absolute Gasteiger partial charge is 0.147 e. The number of hydrogen-bond donors (Lipinski definition) is 0. The number of terminal acetylenes is 1. The van der Waals surface area contributed by atoms with Crippen molar-refractivity contribution in [1.82, 2.24) is 0 Å². The summed E-state index contributed by atoms with van der Waals surface area (Å²) in [6, 6.07) is 0. The molecule has 0 aromatic heterocycles. The Bertz CT molecular complexity index is 515. The van der Waals surface area contributed by atoms with Crippen LogP contribution in [0.1, 0.15) is 41.5 Å². The lowest BCUT2D eigenvalue weighted by atomic mass is 10.5. The fraction of sp³-hybridized carbons (Fsp3) is 0.529. The minimum atomic E-state index is -1.62. The van der Waals surface area contributed by atoms with Crippen LogP contribution in [-0.2, 0) is 0 Å². The van der Waals surface area contributed by atoms with E-state index in [0.29, 0.717) is 16.6 Å². The summed E-state index contributed by atoms with van der Waals surface area (Å²) in [6.07, 6.45) is 5.07. The Morgan fingerprint density at radius 3 is 1.43 bits per heavy atom. The summed E-state index contributed by atoms with van der Waals surface area (Å²) < 4.78 is 0. The average Bonchev–Trinajstić information content (AvgIpc) is 2.39. The van der Waals surface area contributed by atoms with Crippen molar-refractivity contribution in [3.05, 3.63) is 0 Å². The van der Waals surface area contributed by atoms with Crippen LogP contribution in [0, 0.1) is 43.5 Å². The molecule has 0 aromatic carbocycles.